The second kappa shape index (κ2) is 12.8. The Hall–Kier alpha value is -4.20. The minimum Gasteiger partial charge on any atom is -0.427 e. The molecule has 5 aromatic rings. The Labute approximate surface area is 279 Å². The molecule has 7 rings (SSSR count). The maximum atomic E-state index is 10.4. The number of hydrogen-bond acceptors (Lipinski definition) is 6. The summed E-state index contributed by atoms with van der Waals surface area (Å²) in [6.45, 7) is 7.36. The molecular weight excluding hydrogens is 579 g/mol. The predicted octanol–water partition coefficient (Wildman–Crippen LogP) is 7.24. The fourth-order valence-corrected chi connectivity index (χ4v) is 6.42. The monoisotopic (exact) mass is 622 g/mol. The molecule has 2 aliphatic rings. The van der Waals surface area contributed by atoms with E-state index in [1.54, 1.807) is 13.8 Å². The lowest BCUT2D eigenvalue weighted by Gasteiger charge is -2.37. The maximum Gasteiger partial charge on any atom is 0.309 e. The first kappa shape index (κ1) is 31.4. The summed E-state index contributed by atoms with van der Waals surface area (Å²) in [5.74, 6) is 2.03. The third-order valence-corrected chi connectivity index (χ3v) is 10.2. The van der Waals surface area contributed by atoms with Crippen LogP contribution >= 0.6 is 0 Å². The van der Waals surface area contributed by atoms with Crippen LogP contribution in [0.3, 0.4) is 0 Å². The molecule has 6 nitrogen and oxygen atoms in total. The Kier molecular flexibility index (Phi) is 8.54. The topological polar surface area (TPSA) is 81.0 Å². The number of rotatable bonds is 8. The molecule has 0 saturated heterocycles. The Bertz CT molecular complexity index is 1820. The van der Waals surface area contributed by atoms with E-state index < -0.39 is 11.2 Å². The van der Waals surface area contributed by atoms with Gasteiger partial charge in [0.2, 0.25) is 0 Å². The van der Waals surface area contributed by atoms with Gasteiger partial charge in [-0.3, -0.25) is 4.98 Å². The number of pyridine rings is 1. The lowest BCUT2D eigenvalue weighted by Crippen LogP contribution is -2.49. The van der Waals surface area contributed by atoms with Crippen LogP contribution in [0.1, 0.15) is 75.6 Å². The molecule has 47 heavy (non-hydrogen) atoms. The van der Waals surface area contributed by atoms with Crippen molar-refractivity contribution >= 4 is 12.9 Å². The summed E-state index contributed by atoms with van der Waals surface area (Å²) in [4.78, 5) is 19.9. The van der Waals surface area contributed by atoms with Gasteiger partial charge in [0.1, 0.15) is 0 Å². The van der Waals surface area contributed by atoms with Crippen LogP contribution < -0.4 is 5.46 Å². The normalized spacial score (nSPS) is 14.7. The van der Waals surface area contributed by atoms with E-state index in [4.69, 9.17) is 24.6 Å². The fraction of sp³-hybridized carbons (Fsp3) is 0.350. The first-order valence-electron chi connectivity index (χ1n) is 17.1. The van der Waals surface area contributed by atoms with E-state index in [0.29, 0.717) is 25.0 Å². The average molecular weight is 623 g/mol. The predicted molar refractivity (Wildman–Crippen MR) is 191 cm³/mol. The third-order valence-electron chi connectivity index (χ3n) is 10.2. The van der Waals surface area contributed by atoms with E-state index in [0.717, 1.165) is 59.1 Å². The van der Waals surface area contributed by atoms with E-state index in [9.17, 15) is 5.11 Å². The summed E-state index contributed by atoms with van der Waals surface area (Å²) in [7, 11) is 0.419. The van der Waals surface area contributed by atoms with Gasteiger partial charge in [-0.1, -0.05) is 54.0 Å². The van der Waals surface area contributed by atoms with Crippen LogP contribution in [-0.4, -0.2) is 43.7 Å². The molecule has 7 heteroatoms. The van der Waals surface area contributed by atoms with Gasteiger partial charge in [0.25, 0.3) is 0 Å². The van der Waals surface area contributed by atoms with Crippen LogP contribution in [0.5, 0.6) is 0 Å². The van der Waals surface area contributed by atoms with Crippen molar-refractivity contribution < 1.29 is 9.76 Å². The van der Waals surface area contributed by atoms with Crippen LogP contribution in [0.15, 0.2) is 79.0 Å². The summed E-state index contributed by atoms with van der Waals surface area (Å²) >= 11 is 0. The van der Waals surface area contributed by atoms with Gasteiger partial charge in [-0.2, -0.15) is 0 Å². The van der Waals surface area contributed by atoms with Gasteiger partial charge in [0, 0.05) is 28.5 Å². The zero-order valence-electron chi connectivity index (χ0n) is 28.0. The van der Waals surface area contributed by atoms with Crippen molar-refractivity contribution in [3.05, 3.63) is 101 Å². The molecule has 3 aromatic carbocycles. The molecule has 0 unspecified atom stereocenters. The summed E-state index contributed by atoms with van der Waals surface area (Å²) in [5, 5.41) is 10.4. The van der Waals surface area contributed by atoms with Crippen LogP contribution in [0.4, 0.5) is 0 Å². The number of fused-ring (bicyclic) bond motifs is 2. The Morgan fingerprint density at radius 3 is 1.53 bits per heavy atom. The molecule has 2 heterocycles. The molecule has 1 N–H and O–H groups in total. The first-order chi connectivity index (χ1) is 22.6. The zero-order chi connectivity index (χ0) is 32.6. The molecule has 238 valence electrons. The Morgan fingerprint density at radius 1 is 0.574 bits per heavy atom. The summed E-state index contributed by atoms with van der Waals surface area (Å²) < 4.78 is 6.04. The number of benzene rings is 3. The highest BCUT2D eigenvalue weighted by molar-refractivity contribution is 6.47. The van der Waals surface area contributed by atoms with Crippen molar-refractivity contribution in [1.29, 1.82) is 0 Å². The lowest BCUT2D eigenvalue weighted by atomic mass is 9.82. The zero-order valence-corrected chi connectivity index (χ0v) is 28.0. The molecule has 2 aliphatic carbocycles. The van der Waals surface area contributed by atoms with Gasteiger partial charge in [0.15, 0.2) is 17.5 Å². The number of aryl methyl sites for hydroxylation is 4. The Balaban J connectivity index is 1.19. The van der Waals surface area contributed by atoms with Crippen molar-refractivity contribution in [1.82, 2.24) is 19.9 Å². The van der Waals surface area contributed by atoms with Crippen LogP contribution in [0.25, 0.3) is 45.4 Å². The number of hydrogen-bond donors (Lipinski definition) is 1. The van der Waals surface area contributed by atoms with Gasteiger partial charge in [-0.05, 0) is 126 Å². The minimum absolute atomic E-state index is 0.419. The second-order valence-electron chi connectivity index (χ2n) is 14.2. The number of aromatic nitrogens is 4. The second-order valence-corrected chi connectivity index (χ2v) is 14.2. The molecule has 0 radical (unpaired) electrons. The van der Waals surface area contributed by atoms with Crippen LogP contribution in [0, 0.1) is 0 Å². The minimum atomic E-state index is -0.945. The molecule has 2 aromatic heterocycles. The van der Waals surface area contributed by atoms with Crippen molar-refractivity contribution in [3.63, 3.8) is 0 Å². The summed E-state index contributed by atoms with van der Waals surface area (Å²) in [6, 6.07) is 25.7. The van der Waals surface area contributed by atoms with Crippen LogP contribution in [-0.2, 0) is 30.3 Å². The van der Waals surface area contributed by atoms with E-state index in [1.807, 2.05) is 44.3 Å². The molecule has 0 saturated carbocycles. The SMILES string of the molecule is CC(C)(O)C(C)(C)OBc1ccc(-c2ccc(-c3nc(-c4ccc5c(c4)CCCC5)nc(-c4ccc5c(c4)CCCC5)n3)cn2)cc1. The molecule has 0 aliphatic heterocycles. The molecule has 0 amide bonds. The summed E-state index contributed by atoms with van der Waals surface area (Å²) in [5.41, 5.74) is 9.96. The highest BCUT2D eigenvalue weighted by atomic mass is 16.5. The van der Waals surface area contributed by atoms with Gasteiger partial charge in [0.05, 0.1) is 16.9 Å². The van der Waals surface area contributed by atoms with Gasteiger partial charge >= 0.3 is 7.48 Å². The first-order valence-corrected chi connectivity index (χ1v) is 17.1. The standard InChI is InChI=1S/C40H43BN4O2/c1-39(2,46)40(3,4)47-41-34-20-17-28(18-21-34)35-22-19-33(25-42-35)38-44-36(31-15-13-26-9-5-7-11-29(26)23-31)43-37(45-38)32-16-14-27-10-6-8-12-30(27)24-32/h13-25,41,46H,5-12H2,1-4H3. The highest BCUT2D eigenvalue weighted by Gasteiger charge is 2.35. The van der Waals surface area contributed by atoms with E-state index in [2.05, 4.69) is 48.5 Å². The lowest BCUT2D eigenvalue weighted by molar-refractivity contribution is -0.0893. The maximum absolute atomic E-state index is 10.4. The van der Waals surface area contributed by atoms with E-state index >= 15 is 0 Å². The smallest absolute Gasteiger partial charge is 0.309 e. The number of aliphatic hydroxyl groups is 1. The molecule has 0 bridgehead atoms. The van der Waals surface area contributed by atoms with E-state index in [1.165, 1.54) is 47.9 Å². The van der Waals surface area contributed by atoms with Gasteiger partial charge in [-0.15, -0.1) is 0 Å². The number of nitrogens with zero attached hydrogens (tertiary/aromatic N) is 4. The largest absolute Gasteiger partial charge is 0.427 e. The van der Waals surface area contributed by atoms with Crippen molar-refractivity contribution in [2.75, 3.05) is 0 Å². The molecule has 0 fully saturated rings. The summed E-state index contributed by atoms with van der Waals surface area (Å²) in [6.07, 6.45) is 11.3. The fourth-order valence-electron chi connectivity index (χ4n) is 6.42. The van der Waals surface area contributed by atoms with Crippen molar-refractivity contribution in [3.8, 4) is 45.4 Å². The van der Waals surface area contributed by atoms with E-state index in [-0.39, 0.29) is 0 Å². The molecule has 0 atom stereocenters. The van der Waals surface area contributed by atoms with Crippen molar-refractivity contribution in [2.45, 2.75) is 90.3 Å². The van der Waals surface area contributed by atoms with Gasteiger partial charge in [-0.25, -0.2) is 15.0 Å². The third kappa shape index (κ3) is 6.78. The van der Waals surface area contributed by atoms with Crippen molar-refractivity contribution in [2.24, 2.45) is 0 Å². The molecule has 0 spiro atoms. The highest BCUT2D eigenvalue weighted by Crippen LogP contribution is 2.31. The van der Waals surface area contributed by atoms with Gasteiger partial charge < -0.3 is 9.76 Å². The Morgan fingerprint density at radius 2 is 1.04 bits per heavy atom. The quantitative estimate of drug-likeness (QED) is 0.184. The molecular formula is C40H43BN4O2. The average Bonchev–Trinajstić information content (AvgIpc) is 3.10. The van der Waals surface area contributed by atoms with Crippen LogP contribution in [0.2, 0.25) is 0 Å².